The number of hydrogen-bond acceptors (Lipinski definition) is 3. The van der Waals surface area contributed by atoms with E-state index in [9.17, 15) is 0 Å². The monoisotopic (exact) mass is 323 g/mol. The summed E-state index contributed by atoms with van der Waals surface area (Å²) < 4.78 is 1.07. The number of aromatic nitrogens is 2. The molecule has 19 heavy (non-hydrogen) atoms. The van der Waals surface area contributed by atoms with Crippen LogP contribution >= 0.6 is 15.9 Å². The fourth-order valence-corrected chi connectivity index (χ4v) is 2.01. The van der Waals surface area contributed by atoms with E-state index >= 15 is 0 Å². The average molecular weight is 324 g/mol. The van der Waals surface area contributed by atoms with Crippen LogP contribution in [0.5, 0.6) is 0 Å². The number of rotatable bonds is 6. The highest BCUT2D eigenvalue weighted by Crippen LogP contribution is 2.19. The molecule has 2 aromatic rings. The first-order valence-corrected chi connectivity index (χ1v) is 7.13. The summed E-state index contributed by atoms with van der Waals surface area (Å²) in [6, 6.07) is 8.11. The van der Waals surface area contributed by atoms with Crippen molar-refractivity contribution < 1.29 is 5.11 Å². The maximum atomic E-state index is 9.16. The van der Waals surface area contributed by atoms with Crippen molar-refractivity contribution >= 4 is 15.9 Å². The molecular formula is C14H18BrN3O. The minimum Gasteiger partial charge on any atom is -0.393 e. The van der Waals surface area contributed by atoms with Crippen LogP contribution in [0.25, 0.3) is 11.3 Å². The van der Waals surface area contributed by atoms with Gasteiger partial charge in [0.05, 0.1) is 24.5 Å². The fourth-order valence-electron chi connectivity index (χ4n) is 1.75. The lowest BCUT2D eigenvalue weighted by molar-refractivity contribution is 0.183. The number of aromatic amines is 1. The second-order valence-corrected chi connectivity index (χ2v) is 5.48. The van der Waals surface area contributed by atoms with E-state index in [1.165, 1.54) is 0 Å². The number of hydrogen-bond donors (Lipinski definition) is 3. The van der Waals surface area contributed by atoms with E-state index in [1.54, 1.807) is 6.92 Å². The average Bonchev–Trinajstić information content (AvgIpc) is 2.84. The molecule has 3 N–H and O–H groups in total. The number of aliphatic hydroxyl groups excluding tert-OH is 1. The van der Waals surface area contributed by atoms with Gasteiger partial charge >= 0.3 is 0 Å². The molecule has 1 heterocycles. The first kappa shape index (κ1) is 14.2. The van der Waals surface area contributed by atoms with Crippen LogP contribution in [-0.2, 0) is 6.54 Å². The number of benzene rings is 1. The molecule has 1 aromatic carbocycles. The summed E-state index contributed by atoms with van der Waals surface area (Å²) in [4.78, 5) is 7.63. The topological polar surface area (TPSA) is 60.9 Å². The van der Waals surface area contributed by atoms with E-state index in [2.05, 4.69) is 31.2 Å². The molecule has 1 aromatic heterocycles. The van der Waals surface area contributed by atoms with Crippen molar-refractivity contribution in [3.63, 3.8) is 0 Å². The first-order valence-electron chi connectivity index (χ1n) is 6.34. The molecule has 0 spiro atoms. The normalized spacial score (nSPS) is 12.6. The van der Waals surface area contributed by atoms with Gasteiger partial charge in [-0.05, 0) is 37.6 Å². The quantitative estimate of drug-likeness (QED) is 0.716. The Morgan fingerprint density at radius 3 is 2.79 bits per heavy atom. The molecule has 0 saturated heterocycles. The van der Waals surface area contributed by atoms with E-state index in [4.69, 9.17) is 5.11 Å². The number of nitrogens with one attached hydrogen (secondary N) is 2. The Labute approximate surface area is 121 Å². The molecule has 0 fully saturated rings. The Bertz CT molecular complexity index is 508. The number of imidazole rings is 1. The molecule has 0 aliphatic heterocycles. The van der Waals surface area contributed by atoms with Gasteiger partial charge in [0.2, 0.25) is 0 Å². The molecule has 0 saturated carbocycles. The Morgan fingerprint density at radius 1 is 1.37 bits per heavy atom. The summed E-state index contributed by atoms with van der Waals surface area (Å²) >= 11 is 3.42. The van der Waals surface area contributed by atoms with Gasteiger partial charge in [-0.2, -0.15) is 0 Å². The van der Waals surface area contributed by atoms with Crippen molar-refractivity contribution in [2.24, 2.45) is 0 Å². The van der Waals surface area contributed by atoms with Gasteiger partial charge in [0.15, 0.2) is 0 Å². The third-order valence-corrected chi connectivity index (χ3v) is 3.34. The van der Waals surface area contributed by atoms with Crippen molar-refractivity contribution in [1.29, 1.82) is 0 Å². The second kappa shape index (κ2) is 6.84. The minimum atomic E-state index is -0.262. The largest absolute Gasteiger partial charge is 0.393 e. The number of nitrogens with zero attached hydrogens (tertiary/aromatic N) is 1. The minimum absolute atomic E-state index is 0.262. The SMILES string of the molecule is CC(O)CCNCc1ncc(-c2ccc(Br)cc2)[nH]1. The molecule has 0 radical (unpaired) electrons. The summed E-state index contributed by atoms with van der Waals surface area (Å²) in [5.74, 6) is 0.906. The molecule has 0 aliphatic rings. The molecule has 2 rings (SSSR count). The van der Waals surface area contributed by atoms with Gasteiger partial charge < -0.3 is 15.4 Å². The molecule has 5 heteroatoms. The van der Waals surface area contributed by atoms with Crippen molar-refractivity contribution in [3.8, 4) is 11.3 Å². The number of halogens is 1. The maximum Gasteiger partial charge on any atom is 0.120 e. The summed E-state index contributed by atoms with van der Waals surface area (Å²) in [6.07, 6.45) is 2.33. The molecule has 1 unspecified atom stereocenters. The highest BCUT2D eigenvalue weighted by molar-refractivity contribution is 9.10. The second-order valence-electron chi connectivity index (χ2n) is 4.56. The molecule has 102 valence electrons. The van der Waals surface area contributed by atoms with E-state index < -0.39 is 0 Å². The van der Waals surface area contributed by atoms with E-state index in [-0.39, 0.29) is 6.10 Å². The summed E-state index contributed by atoms with van der Waals surface area (Å²) in [5.41, 5.74) is 2.13. The standard InChI is InChI=1S/C14H18BrN3O/c1-10(19)6-7-16-9-14-17-8-13(18-14)11-2-4-12(15)5-3-11/h2-5,8,10,16,19H,6-7,9H2,1H3,(H,17,18). The van der Waals surface area contributed by atoms with Crippen LogP contribution in [0.2, 0.25) is 0 Å². The van der Waals surface area contributed by atoms with E-state index in [0.717, 1.165) is 34.5 Å². The predicted molar refractivity (Wildman–Crippen MR) is 79.7 cm³/mol. The Balaban J connectivity index is 1.90. The lowest BCUT2D eigenvalue weighted by Crippen LogP contribution is -2.19. The zero-order valence-corrected chi connectivity index (χ0v) is 12.4. The van der Waals surface area contributed by atoms with E-state index in [0.29, 0.717) is 6.54 Å². The van der Waals surface area contributed by atoms with Crippen LogP contribution in [0.15, 0.2) is 34.9 Å². The van der Waals surface area contributed by atoms with E-state index in [1.807, 2.05) is 30.5 Å². The van der Waals surface area contributed by atoms with Crippen LogP contribution in [0.4, 0.5) is 0 Å². The number of H-pyrrole nitrogens is 1. The van der Waals surface area contributed by atoms with Crippen molar-refractivity contribution in [2.45, 2.75) is 26.0 Å². The van der Waals surface area contributed by atoms with Gasteiger partial charge in [-0.15, -0.1) is 0 Å². The van der Waals surface area contributed by atoms with Crippen LogP contribution in [-0.4, -0.2) is 27.7 Å². The van der Waals surface area contributed by atoms with Gasteiger partial charge in [-0.1, -0.05) is 28.1 Å². The zero-order chi connectivity index (χ0) is 13.7. The molecule has 1 atom stereocenters. The van der Waals surface area contributed by atoms with Crippen molar-refractivity contribution in [1.82, 2.24) is 15.3 Å². The Morgan fingerprint density at radius 2 is 2.11 bits per heavy atom. The third-order valence-electron chi connectivity index (χ3n) is 2.82. The fraction of sp³-hybridized carbons (Fsp3) is 0.357. The van der Waals surface area contributed by atoms with Gasteiger partial charge in [0, 0.05) is 4.47 Å². The maximum absolute atomic E-state index is 9.16. The van der Waals surface area contributed by atoms with Crippen LogP contribution in [0.3, 0.4) is 0 Å². The van der Waals surface area contributed by atoms with Gasteiger partial charge in [-0.25, -0.2) is 4.98 Å². The predicted octanol–water partition coefficient (Wildman–Crippen LogP) is 2.70. The molecular weight excluding hydrogens is 306 g/mol. The summed E-state index contributed by atoms with van der Waals surface area (Å²) in [5, 5.41) is 12.4. The third kappa shape index (κ3) is 4.45. The lowest BCUT2D eigenvalue weighted by atomic mass is 10.2. The van der Waals surface area contributed by atoms with Crippen LogP contribution in [0.1, 0.15) is 19.2 Å². The Hall–Kier alpha value is -1.17. The molecule has 4 nitrogen and oxygen atoms in total. The van der Waals surface area contributed by atoms with Gasteiger partial charge in [0.25, 0.3) is 0 Å². The molecule has 0 aliphatic carbocycles. The van der Waals surface area contributed by atoms with Gasteiger partial charge in [0.1, 0.15) is 5.82 Å². The van der Waals surface area contributed by atoms with Gasteiger partial charge in [-0.3, -0.25) is 0 Å². The zero-order valence-electron chi connectivity index (χ0n) is 10.9. The molecule has 0 bridgehead atoms. The molecule has 0 amide bonds. The smallest absolute Gasteiger partial charge is 0.120 e. The summed E-state index contributed by atoms with van der Waals surface area (Å²) in [6.45, 7) is 3.26. The lowest BCUT2D eigenvalue weighted by Gasteiger charge is -2.04. The highest BCUT2D eigenvalue weighted by Gasteiger charge is 2.03. The van der Waals surface area contributed by atoms with Crippen LogP contribution in [0, 0.1) is 0 Å². The number of aliphatic hydroxyl groups is 1. The first-order chi connectivity index (χ1) is 9.15. The van der Waals surface area contributed by atoms with Crippen molar-refractivity contribution in [2.75, 3.05) is 6.54 Å². The highest BCUT2D eigenvalue weighted by atomic mass is 79.9. The summed E-state index contributed by atoms with van der Waals surface area (Å²) in [7, 11) is 0. The van der Waals surface area contributed by atoms with Crippen LogP contribution < -0.4 is 5.32 Å². The van der Waals surface area contributed by atoms with Crippen molar-refractivity contribution in [3.05, 3.63) is 40.8 Å². The Kier molecular flexibility index (Phi) is 5.13.